The smallest absolute Gasteiger partial charge is 0.139 e. The van der Waals surface area contributed by atoms with Gasteiger partial charge in [0, 0.05) is 19.2 Å². The predicted octanol–water partition coefficient (Wildman–Crippen LogP) is 2.35. The molecule has 0 atom stereocenters. The van der Waals surface area contributed by atoms with Crippen molar-refractivity contribution in [1.82, 2.24) is 4.37 Å². The summed E-state index contributed by atoms with van der Waals surface area (Å²) in [6, 6.07) is 1.98. The number of aromatic nitrogens is 1. The highest BCUT2D eigenvalue weighted by atomic mass is 32.1. The first kappa shape index (κ1) is 9.77. The third kappa shape index (κ3) is 2.00. The standard InChI is InChI=1S/C10H17N3S/c1-2-8-3-5-13(6-4-8)10-7-9(11)12-14-10/h7-8H,2-6H2,1H3,(H2,11,12). The highest BCUT2D eigenvalue weighted by Gasteiger charge is 2.19. The molecule has 1 aromatic heterocycles. The molecule has 2 rings (SSSR count). The zero-order valence-corrected chi connectivity index (χ0v) is 9.39. The molecule has 0 saturated carbocycles. The van der Waals surface area contributed by atoms with Gasteiger partial charge in [0.05, 0.1) is 0 Å². The minimum Gasteiger partial charge on any atom is -0.383 e. The fourth-order valence-corrected chi connectivity index (χ4v) is 2.71. The first-order valence-corrected chi connectivity index (χ1v) is 6.04. The van der Waals surface area contributed by atoms with Crippen LogP contribution in [0.5, 0.6) is 0 Å². The molecule has 0 radical (unpaired) electrons. The van der Waals surface area contributed by atoms with Crippen LogP contribution >= 0.6 is 11.5 Å². The Morgan fingerprint density at radius 1 is 1.57 bits per heavy atom. The summed E-state index contributed by atoms with van der Waals surface area (Å²) in [6.45, 7) is 4.62. The quantitative estimate of drug-likeness (QED) is 0.816. The third-order valence-corrected chi connectivity index (χ3v) is 3.88. The van der Waals surface area contributed by atoms with Crippen molar-refractivity contribution < 1.29 is 0 Å². The van der Waals surface area contributed by atoms with Gasteiger partial charge < -0.3 is 10.6 Å². The predicted molar refractivity (Wildman–Crippen MR) is 61.8 cm³/mol. The molecule has 1 aliphatic heterocycles. The van der Waals surface area contributed by atoms with E-state index in [2.05, 4.69) is 16.2 Å². The number of hydrogen-bond donors (Lipinski definition) is 1. The van der Waals surface area contributed by atoms with Gasteiger partial charge in [-0.15, -0.1) is 0 Å². The maximum atomic E-state index is 5.61. The maximum absolute atomic E-state index is 5.61. The zero-order chi connectivity index (χ0) is 9.97. The van der Waals surface area contributed by atoms with E-state index in [-0.39, 0.29) is 0 Å². The highest BCUT2D eigenvalue weighted by molar-refractivity contribution is 7.10. The lowest BCUT2D eigenvalue weighted by molar-refractivity contribution is 0.396. The second-order valence-electron chi connectivity index (χ2n) is 3.93. The molecule has 2 N–H and O–H groups in total. The fourth-order valence-electron chi connectivity index (χ4n) is 1.99. The molecule has 1 fully saturated rings. The summed E-state index contributed by atoms with van der Waals surface area (Å²) in [4.78, 5) is 2.40. The van der Waals surface area contributed by atoms with Crippen LogP contribution in [0.4, 0.5) is 10.8 Å². The number of rotatable bonds is 2. The van der Waals surface area contributed by atoms with Gasteiger partial charge in [-0.05, 0) is 30.3 Å². The lowest BCUT2D eigenvalue weighted by Crippen LogP contribution is -2.32. The summed E-state index contributed by atoms with van der Waals surface area (Å²) in [7, 11) is 0. The Hall–Kier alpha value is -0.770. The molecule has 0 bridgehead atoms. The lowest BCUT2D eigenvalue weighted by Gasteiger charge is -2.31. The second-order valence-corrected chi connectivity index (χ2v) is 4.71. The van der Waals surface area contributed by atoms with E-state index in [4.69, 9.17) is 5.73 Å². The highest BCUT2D eigenvalue weighted by Crippen LogP contribution is 2.28. The van der Waals surface area contributed by atoms with Gasteiger partial charge >= 0.3 is 0 Å². The van der Waals surface area contributed by atoms with Crippen LogP contribution in [0.25, 0.3) is 0 Å². The molecule has 14 heavy (non-hydrogen) atoms. The monoisotopic (exact) mass is 211 g/mol. The molecular weight excluding hydrogens is 194 g/mol. The number of nitrogens with zero attached hydrogens (tertiary/aromatic N) is 2. The van der Waals surface area contributed by atoms with Crippen LogP contribution in [0.15, 0.2) is 6.07 Å². The summed E-state index contributed by atoms with van der Waals surface area (Å²) >= 11 is 1.52. The molecule has 1 aromatic rings. The molecular formula is C10H17N3S. The van der Waals surface area contributed by atoms with Gasteiger partial charge in [0.2, 0.25) is 0 Å². The molecule has 1 saturated heterocycles. The SMILES string of the molecule is CCC1CCN(c2cc(N)ns2)CC1. The second kappa shape index (κ2) is 4.17. The first-order valence-electron chi connectivity index (χ1n) is 5.26. The van der Waals surface area contributed by atoms with Crippen molar-refractivity contribution in [2.45, 2.75) is 26.2 Å². The minimum absolute atomic E-state index is 0.655. The molecule has 78 valence electrons. The summed E-state index contributed by atoms with van der Waals surface area (Å²) in [5, 5.41) is 1.23. The average Bonchev–Trinajstić information content (AvgIpc) is 2.65. The van der Waals surface area contributed by atoms with Gasteiger partial charge in [-0.3, -0.25) is 0 Å². The number of piperidine rings is 1. The van der Waals surface area contributed by atoms with Gasteiger partial charge in [-0.1, -0.05) is 13.3 Å². The zero-order valence-electron chi connectivity index (χ0n) is 8.57. The van der Waals surface area contributed by atoms with E-state index in [1.54, 1.807) is 0 Å². The van der Waals surface area contributed by atoms with Crippen molar-refractivity contribution in [2.75, 3.05) is 23.7 Å². The molecule has 4 heteroatoms. The molecule has 0 spiro atoms. The van der Waals surface area contributed by atoms with Crippen LogP contribution < -0.4 is 10.6 Å². The van der Waals surface area contributed by atoms with Gasteiger partial charge in [0.25, 0.3) is 0 Å². The summed E-state index contributed by atoms with van der Waals surface area (Å²) < 4.78 is 4.11. The minimum atomic E-state index is 0.655. The number of nitrogens with two attached hydrogens (primary N) is 1. The van der Waals surface area contributed by atoms with Gasteiger partial charge in [0.1, 0.15) is 10.8 Å². The largest absolute Gasteiger partial charge is 0.383 e. The summed E-state index contributed by atoms with van der Waals surface area (Å²) in [6.07, 6.45) is 3.95. The molecule has 2 heterocycles. The van der Waals surface area contributed by atoms with Crippen molar-refractivity contribution >= 4 is 22.4 Å². The van der Waals surface area contributed by atoms with E-state index in [0.29, 0.717) is 5.82 Å². The molecule has 1 aliphatic rings. The van der Waals surface area contributed by atoms with Crippen molar-refractivity contribution in [3.05, 3.63) is 6.07 Å². The Kier molecular flexibility index (Phi) is 2.91. The molecule has 0 amide bonds. The van der Waals surface area contributed by atoms with Gasteiger partial charge in [-0.2, -0.15) is 4.37 Å². The van der Waals surface area contributed by atoms with Crippen molar-refractivity contribution in [1.29, 1.82) is 0 Å². The Balaban J connectivity index is 1.95. The van der Waals surface area contributed by atoms with E-state index < -0.39 is 0 Å². The Bertz CT molecular complexity index is 289. The number of hydrogen-bond acceptors (Lipinski definition) is 4. The van der Waals surface area contributed by atoms with Crippen LogP contribution in [-0.2, 0) is 0 Å². The molecule has 0 aliphatic carbocycles. The number of anilines is 2. The molecule has 0 unspecified atom stereocenters. The van der Waals surface area contributed by atoms with Gasteiger partial charge in [0.15, 0.2) is 0 Å². The number of nitrogen functional groups attached to an aromatic ring is 1. The summed E-state index contributed by atoms with van der Waals surface area (Å²) in [5.74, 6) is 1.58. The third-order valence-electron chi connectivity index (χ3n) is 3.02. The van der Waals surface area contributed by atoms with Crippen LogP contribution in [0.2, 0.25) is 0 Å². The Morgan fingerprint density at radius 2 is 2.29 bits per heavy atom. The normalized spacial score (nSPS) is 18.8. The van der Waals surface area contributed by atoms with Crippen LogP contribution in [-0.4, -0.2) is 17.5 Å². The van der Waals surface area contributed by atoms with Crippen molar-refractivity contribution in [2.24, 2.45) is 5.92 Å². The Labute approximate surface area is 89.1 Å². The van der Waals surface area contributed by atoms with E-state index in [0.717, 1.165) is 5.92 Å². The fraction of sp³-hybridized carbons (Fsp3) is 0.700. The van der Waals surface area contributed by atoms with E-state index >= 15 is 0 Å². The van der Waals surface area contributed by atoms with Crippen molar-refractivity contribution in [3.8, 4) is 0 Å². The van der Waals surface area contributed by atoms with E-state index in [1.807, 2.05) is 6.07 Å². The van der Waals surface area contributed by atoms with Crippen LogP contribution in [0.3, 0.4) is 0 Å². The Morgan fingerprint density at radius 3 is 2.79 bits per heavy atom. The van der Waals surface area contributed by atoms with E-state index in [1.165, 1.54) is 48.9 Å². The summed E-state index contributed by atoms with van der Waals surface area (Å²) in [5.41, 5.74) is 5.61. The van der Waals surface area contributed by atoms with E-state index in [9.17, 15) is 0 Å². The first-order chi connectivity index (χ1) is 6.79. The molecule has 0 aromatic carbocycles. The average molecular weight is 211 g/mol. The van der Waals surface area contributed by atoms with Crippen LogP contribution in [0.1, 0.15) is 26.2 Å². The van der Waals surface area contributed by atoms with Crippen molar-refractivity contribution in [3.63, 3.8) is 0 Å². The molecule has 3 nitrogen and oxygen atoms in total. The van der Waals surface area contributed by atoms with Crippen LogP contribution in [0, 0.1) is 5.92 Å². The van der Waals surface area contributed by atoms with Gasteiger partial charge in [-0.25, -0.2) is 0 Å². The maximum Gasteiger partial charge on any atom is 0.139 e. The topological polar surface area (TPSA) is 42.1 Å². The lowest BCUT2D eigenvalue weighted by atomic mass is 9.95.